The quantitative estimate of drug-likeness (QED) is 0.0859. The summed E-state index contributed by atoms with van der Waals surface area (Å²) in [5, 5.41) is 0. The van der Waals surface area contributed by atoms with Gasteiger partial charge >= 0.3 is 276 Å². The number of benzene rings is 3. The Labute approximate surface area is 281 Å². The van der Waals surface area contributed by atoms with E-state index in [-0.39, 0.29) is 16.3 Å². The van der Waals surface area contributed by atoms with Crippen molar-refractivity contribution in [1.29, 1.82) is 0 Å². The zero-order valence-electron chi connectivity index (χ0n) is 29.7. The molecule has 3 aromatic rings. The van der Waals surface area contributed by atoms with Crippen LogP contribution in [0.4, 0.5) is 0 Å². The van der Waals surface area contributed by atoms with Gasteiger partial charge in [-0.1, -0.05) is 6.92 Å². The number of unbranched alkanes of at least 4 members (excludes halogenated alkanes) is 8. The molecule has 0 aliphatic rings. The SMILES string of the molecule is CCCCCCCCCCCC(=O)[O][Sn]([C](C)(C)Cc1ccccc1)([C](C)(C)Cc1ccccc1)[C](C)(C)Cc1ccccc1. The van der Waals surface area contributed by atoms with Gasteiger partial charge in [0.1, 0.15) is 0 Å². The zero-order chi connectivity index (χ0) is 32.8. The molecule has 0 saturated heterocycles. The molecule has 3 aromatic carbocycles. The van der Waals surface area contributed by atoms with Crippen molar-refractivity contribution < 1.29 is 7.87 Å². The standard InChI is InChI=1S/C12H24O2.3C10H13.Sn/c1-2-3-4-5-6-7-8-9-10-11-12(13)14;3*1-9(2)8-10-6-4-3-5-7-10;/h2-11H2,1H3,(H,13,14);3*3-7H,8H2,1-2H3;/q;;;;+1/p-1. The monoisotopic (exact) mass is 718 g/mol. The molecule has 0 radical (unpaired) electrons. The Morgan fingerprint density at radius 1 is 0.511 bits per heavy atom. The van der Waals surface area contributed by atoms with Gasteiger partial charge in [-0.2, -0.15) is 0 Å². The van der Waals surface area contributed by atoms with Gasteiger partial charge in [0.25, 0.3) is 0 Å². The van der Waals surface area contributed by atoms with Crippen LogP contribution in [-0.2, 0) is 27.1 Å². The van der Waals surface area contributed by atoms with E-state index in [4.69, 9.17) is 3.07 Å². The van der Waals surface area contributed by atoms with Crippen LogP contribution < -0.4 is 0 Å². The van der Waals surface area contributed by atoms with Crippen molar-refractivity contribution in [1.82, 2.24) is 0 Å². The number of rotatable bonds is 20. The molecule has 0 aliphatic heterocycles. The summed E-state index contributed by atoms with van der Waals surface area (Å²) in [7, 11) is 0. The molecule has 0 amide bonds. The molecule has 3 rings (SSSR count). The van der Waals surface area contributed by atoms with Crippen LogP contribution in [0.5, 0.6) is 0 Å². The Balaban J connectivity index is 1.98. The van der Waals surface area contributed by atoms with E-state index in [1.54, 1.807) is 0 Å². The molecule has 3 heteroatoms. The first kappa shape index (κ1) is 37.4. The van der Waals surface area contributed by atoms with Gasteiger partial charge in [0, 0.05) is 0 Å². The van der Waals surface area contributed by atoms with Gasteiger partial charge in [0.05, 0.1) is 0 Å². The predicted octanol–water partition coefficient (Wildman–Crippen LogP) is 12.5. The maximum absolute atomic E-state index is 14.2. The van der Waals surface area contributed by atoms with E-state index < -0.39 is 18.8 Å². The van der Waals surface area contributed by atoms with E-state index in [1.807, 2.05) is 0 Å². The van der Waals surface area contributed by atoms with Gasteiger partial charge in [-0.25, -0.2) is 0 Å². The first-order chi connectivity index (χ1) is 21.4. The van der Waals surface area contributed by atoms with E-state index >= 15 is 0 Å². The summed E-state index contributed by atoms with van der Waals surface area (Å²) in [5.41, 5.74) is 3.97. The van der Waals surface area contributed by atoms with E-state index in [1.165, 1.54) is 61.6 Å². The van der Waals surface area contributed by atoms with Crippen LogP contribution in [0.1, 0.15) is 129 Å². The Bertz CT molecular complexity index is 1120. The van der Waals surface area contributed by atoms with Gasteiger partial charge in [-0.15, -0.1) is 0 Å². The van der Waals surface area contributed by atoms with Crippen LogP contribution in [-0.4, -0.2) is 24.8 Å². The average molecular weight is 718 g/mol. The third kappa shape index (κ3) is 10.5. The summed E-state index contributed by atoms with van der Waals surface area (Å²) in [4.78, 5) is 14.2. The Hall–Kier alpha value is -2.07. The summed E-state index contributed by atoms with van der Waals surface area (Å²) < 4.78 is 6.89. The number of hydrogen-bond acceptors (Lipinski definition) is 2. The summed E-state index contributed by atoms with van der Waals surface area (Å²) in [6.07, 6.45) is 14.4. The first-order valence-electron chi connectivity index (χ1n) is 17.8. The topological polar surface area (TPSA) is 26.3 Å². The van der Waals surface area contributed by atoms with Gasteiger partial charge < -0.3 is 0 Å². The molecular weight excluding hydrogens is 655 g/mol. The summed E-state index contributed by atoms with van der Waals surface area (Å²) in [6, 6.07) is 32.6. The van der Waals surface area contributed by atoms with Crippen LogP contribution in [0.25, 0.3) is 0 Å². The average Bonchev–Trinajstić information content (AvgIpc) is 2.99. The Kier molecular flexibility index (Phi) is 14.7. The van der Waals surface area contributed by atoms with Gasteiger partial charge in [-0.05, 0) is 0 Å². The second-order valence-corrected chi connectivity index (χ2v) is 31.4. The van der Waals surface area contributed by atoms with E-state index in [9.17, 15) is 4.79 Å². The van der Waals surface area contributed by atoms with Crippen molar-refractivity contribution in [3.8, 4) is 0 Å². The van der Waals surface area contributed by atoms with E-state index in [0.29, 0.717) is 6.42 Å². The second-order valence-electron chi connectivity index (χ2n) is 15.4. The summed E-state index contributed by atoms with van der Waals surface area (Å²) >= 11 is -4.18. The van der Waals surface area contributed by atoms with Gasteiger partial charge in [-0.3, -0.25) is 0 Å². The molecule has 0 atom stereocenters. The molecule has 45 heavy (non-hydrogen) atoms. The van der Waals surface area contributed by atoms with Crippen LogP contribution in [0.15, 0.2) is 91.0 Å². The third-order valence-electron chi connectivity index (χ3n) is 10.1. The van der Waals surface area contributed by atoms with E-state index in [2.05, 4.69) is 139 Å². The third-order valence-corrected chi connectivity index (χ3v) is 29.4. The molecule has 0 heterocycles. The minimum absolute atomic E-state index is 0.0390. The Morgan fingerprint density at radius 2 is 0.822 bits per heavy atom. The molecule has 0 unspecified atom stereocenters. The molecule has 0 N–H and O–H groups in total. The van der Waals surface area contributed by atoms with Gasteiger partial charge in [0.2, 0.25) is 0 Å². The van der Waals surface area contributed by atoms with Crippen LogP contribution in [0.3, 0.4) is 0 Å². The van der Waals surface area contributed by atoms with Crippen LogP contribution in [0, 0.1) is 0 Å². The molecule has 0 fully saturated rings. The number of hydrogen-bond donors (Lipinski definition) is 0. The van der Waals surface area contributed by atoms with Crippen molar-refractivity contribution in [2.24, 2.45) is 0 Å². The van der Waals surface area contributed by atoms with Crippen molar-refractivity contribution in [3.63, 3.8) is 0 Å². The minimum atomic E-state index is -4.18. The van der Waals surface area contributed by atoms with Crippen molar-refractivity contribution >= 4 is 24.8 Å². The van der Waals surface area contributed by atoms with Crippen LogP contribution in [0.2, 0.25) is 10.3 Å². The fraction of sp³-hybridized carbons (Fsp3) is 0.548. The fourth-order valence-electron chi connectivity index (χ4n) is 8.66. The summed E-state index contributed by atoms with van der Waals surface area (Å²) in [5.74, 6) is 0.0390. The maximum atomic E-state index is 14.2. The molecule has 0 bridgehead atoms. The first-order valence-corrected chi connectivity index (χ1v) is 23.2. The van der Waals surface area contributed by atoms with Crippen LogP contribution >= 0.6 is 0 Å². The normalized spacial score (nSPS) is 12.7. The fourth-order valence-corrected chi connectivity index (χ4v) is 31.9. The van der Waals surface area contributed by atoms with Crippen molar-refractivity contribution in [2.45, 2.75) is 142 Å². The number of carbonyl (C=O) groups is 1. The zero-order valence-corrected chi connectivity index (χ0v) is 32.5. The van der Waals surface area contributed by atoms with Crippen molar-refractivity contribution in [3.05, 3.63) is 108 Å². The molecule has 0 saturated carbocycles. The van der Waals surface area contributed by atoms with E-state index in [0.717, 1.165) is 32.1 Å². The molecule has 0 aromatic heterocycles. The molecule has 246 valence electrons. The van der Waals surface area contributed by atoms with Gasteiger partial charge in [0.15, 0.2) is 0 Å². The Morgan fingerprint density at radius 3 is 1.16 bits per heavy atom. The molecular formula is C42H62O2Sn. The molecule has 0 spiro atoms. The molecule has 0 aliphatic carbocycles. The summed E-state index contributed by atoms with van der Waals surface area (Å²) in [6.45, 7) is 16.9. The van der Waals surface area contributed by atoms with Crippen molar-refractivity contribution in [2.75, 3.05) is 0 Å². The predicted molar refractivity (Wildman–Crippen MR) is 196 cm³/mol. The molecule has 2 nitrogen and oxygen atoms in total. The second kappa shape index (κ2) is 17.7. The number of carbonyl (C=O) groups excluding carboxylic acids is 1.